The monoisotopic (exact) mass is 255 g/mol. The van der Waals surface area contributed by atoms with Crippen molar-refractivity contribution in [3.05, 3.63) is 65.2 Å². The highest BCUT2D eigenvalue weighted by Gasteiger charge is 2.11. The minimum atomic E-state index is -0.0542. The Morgan fingerprint density at radius 3 is 2.47 bits per heavy atom. The van der Waals surface area contributed by atoms with Crippen molar-refractivity contribution in [2.24, 2.45) is 0 Å². The molecule has 0 aliphatic rings. The predicted octanol–water partition coefficient (Wildman–Crippen LogP) is 2.97. The third kappa shape index (κ3) is 3.35. The molecule has 0 saturated heterocycles. The highest BCUT2D eigenvalue weighted by atomic mass is 16.3. The van der Waals surface area contributed by atoms with Crippen LogP contribution in [0.4, 0.5) is 0 Å². The number of hydrogen-bond acceptors (Lipinski definition) is 2. The fourth-order valence-electron chi connectivity index (χ4n) is 1.98. The molecule has 0 saturated carbocycles. The third-order valence-corrected chi connectivity index (χ3v) is 2.96. The zero-order chi connectivity index (χ0) is 13.8. The summed E-state index contributed by atoms with van der Waals surface area (Å²) in [6, 6.07) is 14.4. The summed E-state index contributed by atoms with van der Waals surface area (Å²) in [7, 11) is 1.78. The van der Waals surface area contributed by atoms with Gasteiger partial charge in [-0.25, -0.2) is 0 Å². The molecule has 1 amide bonds. The molecule has 0 aliphatic heterocycles. The Balaban J connectivity index is 2.09. The Bertz CT molecular complexity index is 576. The summed E-state index contributed by atoms with van der Waals surface area (Å²) in [5.74, 6) is 0.111. The van der Waals surface area contributed by atoms with Gasteiger partial charge in [0.2, 0.25) is 0 Å². The molecule has 0 radical (unpaired) electrons. The summed E-state index contributed by atoms with van der Waals surface area (Å²) in [4.78, 5) is 13.9. The molecule has 2 aromatic rings. The van der Waals surface area contributed by atoms with Gasteiger partial charge < -0.3 is 10.0 Å². The molecule has 19 heavy (non-hydrogen) atoms. The van der Waals surface area contributed by atoms with E-state index in [2.05, 4.69) is 6.07 Å². The maximum atomic E-state index is 12.2. The molecular formula is C16H17NO2. The van der Waals surface area contributed by atoms with Crippen molar-refractivity contribution < 1.29 is 9.90 Å². The van der Waals surface area contributed by atoms with Crippen LogP contribution in [0.1, 0.15) is 21.5 Å². The van der Waals surface area contributed by atoms with E-state index in [1.807, 2.05) is 25.1 Å². The van der Waals surface area contributed by atoms with Gasteiger partial charge in [-0.1, -0.05) is 29.8 Å². The molecule has 0 spiro atoms. The zero-order valence-corrected chi connectivity index (χ0v) is 11.1. The number of amides is 1. The van der Waals surface area contributed by atoms with Crippen molar-refractivity contribution in [1.82, 2.24) is 4.90 Å². The molecule has 0 aromatic heterocycles. The lowest BCUT2D eigenvalue weighted by molar-refractivity contribution is 0.0785. The minimum Gasteiger partial charge on any atom is -0.508 e. The first-order valence-corrected chi connectivity index (χ1v) is 6.16. The number of hydrogen-bond donors (Lipinski definition) is 1. The van der Waals surface area contributed by atoms with E-state index in [9.17, 15) is 9.90 Å². The van der Waals surface area contributed by atoms with E-state index >= 15 is 0 Å². The average molecular weight is 255 g/mol. The Morgan fingerprint density at radius 1 is 1.16 bits per heavy atom. The van der Waals surface area contributed by atoms with E-state index in [0.717, 1.165) is 5.56 Å². The normalized spacial score (nSPS) is 10.2. The van der Waals surface area contributed by atoms with Gasteiger partial charge in [0.25, 0.3) is 5.91 Å². The lowest BCUT2D eigenvalue weighted by Crippen LogP contribution is -2.26. The van der Waals surface area contributed by atoms with Gasteiger partial charge in [-0.2, -0.15) is 0 Å². The van der Waals surface area contributed by atoms with Crippen molar-refractivity contribution in [1.29, 1.82) is 0 Å². The summed E-state index contributed by atoms with van der Waals surface area (Å²) < 4.78 is 0. The van der Waals surface area contributed by atoms with E-state index in [1.165, 1.54) is 17.7 Å². The first-order valence-electron chi connectivity index (χ1n) is 6.16. The van der Waals surface area contributed by atoms with Gasteiger partial charge in [0, 0.05) is 19.2 Å². The van der Waals surface area contributed by atoms with Gasteiger partial charge in [0.05, 0.1) is 0 Å². The summed E-state index contributed by atoms with van der Waals surface area (Å²) in [5, 5.41) is 9.22. The largest absolute Gasteiger partial charge is 0.508 e. The smallest absolute Gasteiger partial charge is 0.253 e. The SMILES string of the molecule is Cc1cccc(CN(C)C(=O)c2ccc(O)cc2)c1. The third-order valence-electron chi connectivity index (χ3n) is 2.96. The van der Waals surface area contributed by atoms with Crippen LogP contribution in [0.2, 0.25) is 0 Å². The van der Waals surface area contributed by atoms with Crippen LogP contribution in [0.5, 0.6) is 5.75 Å². The number of rotatable bonds is 3. The zero-order valence-electron chi connectivity index (χ0n) is 11.1. The van der Waals surface area contributed by atoms with Crippen LogP contribution in [0, 0.1) is 6.92 Å². The van der Waals surface area contributed by atoms with E-state index in [-0.39, 0.29) is 11.7 Å². The van der Waals surface area contributed by atoms with E-state index < -0.39 is 0 Å². The molecule has 0 atom stereocenters. The van der Waals surface area contributed by atoms with Gasteiger partial charge in [-0.15, -0.1) is 0 Å². The number of aryl methyl sites for hydroxylation is 1. The van der Waals surface area contributed by atoms with Gasteiger partial charge >= 0.3 is 0 Å². The molecule has 3 nitrogen and oxygen atoms in total. The van der Waals surface area contributed by atoms with E-state index in [0.29, 0.717) is 12.1 Å². The highest BCUT2D eigenvalue weighted by Crippen LogP contribution is 2.13. The lowest BCUT2D eigenvalue weighted by atomic mass is 10.1. The van der Waals surface area contributed by atoms with Crippen LogP contribution < -0.4 is 0 Å². The van der Waals surface area contributed by atoms with Crippen molar-refractivity contribution in [2.45, 2.75) is 13.5 Å². The summed E-state index contributed by atoms with van der Waals surface area (Å²) in [6.07, 6.45) is 0. The molecule has 0 heterocycles. The summed E-state index contributed by atoms with van der Waals surface area (Å²) in [5.41, 5.74) is 2.87. The Labute approximate surface area is 113 Å². The molecule has 3 heteroatoms. The second-order valence-electron chi connectivity index (χ2n) is 4.70. The second-order valence-corrected chi connectivity index (χ2v) is 4.70. The first kappa shape index (κ1) is 13.1. The van der Waals surface area contributed by atoms with Crippen LogP contribution >= 0.6 is 0 Å². The number of phenols is 1. The van der Waals surface area contributed by atoms with Crippen molar-refractivity contribution in [3.8, 4) is 5.75 Å². The number of carbonyl (C=O) groups is 1. The lowest BCUT2D eigenvalue weighted by Gasteiger charge is -2.17. The van der Waals surface area contributed by atoms with Gasteiger partial charge in [0.15, 0.2) is 0 Å². The number of aromatic hydroxyl groups is 1. The molecule has 0 fully saturated rings. The fourth-order valence-corrected chi connectivity index (χ4v) is 1.98. The topological polar surface area (TPSA) is 40.5 Å². The van der Waals surface area contributed by atoms with Crippen LogP contribution in [-0.4, -0.2) is 23.0 Å². The molecular weight excluding hydrogens is 238 g/mol. The molecule has 2 aromatic carbocycles. The van der Waals surface area contributed by atoms with Crippen LogP contribution in [0.25, 0.3) is 0 Å². The summed E-state index contributed by atoms with van der Waals surface area (Å²) >= 11 is 0. The minimum absolute atomic E-state index is 0.0542. The predicted molar refractivity (Wildman–Crippen MR) is 75.1 cm³/mol. The van der Waals surface area contributed by atoms with Crippen LogP contribution in [0.3, 0.4) is 0 Å². The van der Waals surface area contributed by atoms with Gasteiger partial charge in [-0.3, -0.25) is 4.79 Å². The van der Waals surface area contributed by atoms with Gasteiger partial charge in [-0.05, 0) is 36.8 Å². The Hall–Kier alpha value is -2.29. The van der Waals surface area contributed by atoms with Crippen molar-refractivity contribution in [3.63, 3.8) is 0 Å². The number of nitrogens with zero attached hydrogens (tertiary/aromatic N) is 1. The van der Waals surface area contributed by atoms with Gasteiger partial charge in [0.1, 0.15) is 5.75 Å². The fraction of sp³-hybridized carbons (Fsp3) is 0.188. The molecule has 1 N–H and O–H groups in total. The summed E-state index contributed by atoms with van der Waals surface area (Å²) in [6.45, 7) is 2.60. The van der Waals surface area contributed by atoms with Crippen molar-refractivity contribution in [2.75, 3.05) is 7.05 Å². The standard InChI is InChI=1S/C16H17NO2/c1-12-4-3-5-13(10-12)11-17(2)16(19)14-6-8-15(18)9-7-14/h3-10,18H,11H2,1-2H3. The highest BCUT2D eigenvalue weighted by molar-refractivity contribution is 5.94. The first-order chi connectivity index (χ1) is 9.06. The van der Waals surface area contributed by atoms with E-state index in [4.69, 9.17) is 0 Å². The molecule has 0 bridgehead atoms. The van der Waals surface area contributed by atoms with Crippen LogP contribution in [0.15, 0.2) is 48.5 Å². The number of phenolic OH excluding ortho intramolecular Hbond substituents is 1. The van der Waals surface area contributed by atoms with Crippen LogP contribution in [-0.2, 0) is 6.54 Å². The Kier molecular flexibility index (Phi) is 3.85. The molecule has 0 unspecified atom stereocenters. The quantitative estimate of drug-likeness (QED) is 0.916. The maximum absolute atomic E-state index is 12.2. The molecule has 2 rings (SSSR count). The second kappa shape index (κ2) is 5.57. The average Bonchev–Trinajstić information content (AvgIpc) is 2.39. The molecule has 98 valence electrons. The Morgan fingerprint density at radius 2 is 1.84 bits per heavy atom. The molecule has 0 aliphatic carbocycles. The maximum Gasteiger partial charge on any atom is 0.253 e. The van der Waals surface area contributed by atoms with E-state index in [1.54, 1.807) is 24.1 Å². The number of carbonyl (C=O) groups excluding carboxylic acids is 1. The number of benzene rings is 2. The van der Waals surface area contributed by atoms with Crippen molar-refractivity contribution >= 4 is 5.91 Å².